The second-order valence-corrected chi connectivity index (χ2v) is 7.55. The monoisotopic (exact) mass is 361 g/mol. The summed E-state index contributed by atoms with van der Waals surface area (Å²) in [6.07, 6.45) is 0. The van der Waals surface area contributed by atoms with Crippen molar-refractivity contribution in [1.29, 1.82) is 0 Å². The first kappa shape index (κ1) is 16.7. The maximum atomic E-state index is 12.4. The molecule has 0 amide bonds. The topological polar surface area (TPSA) is 39.2 Å². The van der Waals surface area contributed by atoms with Crippen LogP contribution in [0.4, 0.5) is 0 Å². The lowest BCUT2D eigenvalue weighted by Crippen LogP contribution is -2.13. The van der Waals surface area contributed by atoms with Crippen molar-refractivity contribution in [2.45, 2.75) is 27.4 Å². The Hall–Kier alpha value is -2.72. The quantitative estimate of drug-likeness (QED) is 0.467. The van der Waals surface area contributed by atoms with Crippen molar-refractivity contribution in [2.24, 2.45) is 0 Å². The molecular formula is C22H19NO2S. The molecule has 0 radical (unpaired) electrons. The van der Waals surface area contributed by atoms with Gasteiger partial charge in [0, 0.05) is 17.2 Å². The summed E-state index contributed by atoms with van der Waals surface area (Å²) in [7, 11) is 0. The number of benzene rings is 3. The molecule has 0 bridgehead atoms. The summed E-state index contributed by atoms with van der Waals surface area (Å²) in [5, 5.41) is 0. The minimum Gasteiger partial charge on any atom is -0.489 e. The molecule has 0 saturated carbocycles. The number of aromatic nitrogens is 1. The highest BCUT2D eigenvalue weighted by Crippen LogP contribution is 2.36. The van der Waals surface area contributed by atoms with Crippen LogP contribution in [0.1, 0.15) is 22.3 Å². The van der Waals surface area contributed by atoms with Crippen molar-refractivity contribution in [3.63, 3.8) is 0 Å². The lowest BCUT2D eigenvalue weighted by molar-refractivity contribution is 0.306. The first-order valence-corrected chi connectivity index (χ1v) is 9.37. The Labute approximate surface area is 156 Å². The van der Waals surface area contributed by atoms with Gasteiger partial charge < -0.3 is 4.74 Å². The first-order chi connectivity index (χ1) is 12.5. The lowest BCUT2D eigenvalue weighted by atomic mass is 10.0. The van der Waals surface area contributed by atoms with E-state index in [0.717, 1.165) is 48.8 Å². The molecule has 3 nitrogen and oxygen atoms in total. The highest BCUT2D eigenvalue weighted by atomic mass is 32.1. The number of nitrogens with zero attached hydrogens (tertiary/aromatic N) is 1. The van der Waals surface area contributed by atoms with Gasteiger partial charge in [-0.2, -0.15) is 0 Å². The predicted molar refractivity (Wildman–Crippen MR) is 107 cm³/mol. The largest absolute Gasteiger partial charge is 0.489 e. The maximum absolute atomic E-state index is 12.4. The van der Waals surface area contributed by atoms with Gasteiger partial charge >= 0.3 is 0 Å². The van der Waals surface area contributed by atoms with Crippen molar-refractivity contribution >= 4 is 21.6 Å². The van der Waals surface area contributed by atoms with Gasteiger partial charge in [-0.3, -0.25) is 4.79 Å². The third-order valence-corrected chi connectivity index (χ3v) is 6.05. The smallest absolute Gasteiger partial charge is 0.186 e. The third kappa shape index (κ3) is 2.86. The van der Waals surface area contributed by atoms with E-state index in [1.54, 1.807) is 11.3 Å². The van der Waals surface area contributed by atoms with E-state index in [4.69, 9.17) is 9.72 Å². The Morgan fingerprint density at radius 1 is 0.962 bits per heavy atom. The van der Waals surface area contributed by atoms with E-state index < -0.39 is 0 Å². The second-order valence-electron chi connectivity index (χ2n) is 6.50. The van der Waals surface area contributed by atoms with E-state index in [-0.39, 0.29) is 5.43 Å². The van der Waals surface area contributed by atoms with Crippen LogP contribution in [-0.2, 0) is 6.61 Å². The highest BCUT2D eigenvalue weighted by molar-refractivity contribution is 7.21. The fourth-order valence-corrected chi connectivity index (χ4v) is 4.18. The summed E-state index contributed by atoms with van der Waals surface area (Å²) in [6.45, 7) is 6.26. The van der Waals surface area contributed by atoms with Crippen LogP contribution in [0, 0.1) is 20.8 Å². The Bertz CT molecular complexity index is 1130. The molecule has 26 heavy (non-hydrogen) atoms. The Kier molecular flexibility index (Phi) is 4.21. The van der Waals surface area contributed by atoms with Crippen LogP contribution in [0.15, 0.2) is 53.3 Å². The summed E-state index contributed by atoms with van der Waals surface area (Å²) in [6, 6.07) is 16.1. The molecule has 0 saturated heterocycles. The third-order valence-electron chi connectivity index (χ3n) is 4.78. The van der Waals surface area contributed by atoms with Gasteiger partial charge in [0.25, 0.3) is 0 Å². The van der Waals surface area contributed by atoms with Gasteiger partial charge in [0.15, 0.2) is 5.43 Å². The van der Waals surface area contributed by atoms with Crippen LogP contribution < -0.4 is 10.2 Å². The summed E-state index contributed by atoms with van der Waals surface area (Å²) in [4.78, 5) is 18.2. The second kappa shape index (κ2) is 6.54. The molecule has 0 N–H and O–H groups in total. The molecule has 4 heteroatoms. The lowest BCUT2D eigenvalue weighted by Gasteiger charge is -2.14. The van der Waals surface area contributed by atoms with Gasteiger partial charge in [-0.25, -0.2) is 4.98 Å². The molecule has 0 atom stereocenters. The minimum atomic E-state index is 0.121. The Morgan fingerprint density at radius 3 is 2.50 bits per heavy atom. The average molecular weight is 361 g/mol. The van der Waals surface area contributed by atoms with Crippen molar-refractivity contribution < 1.29 is 4.74 Å². The van der Waals surface area contributed by atoms with E-state index in [1.165, 1.54) is 0 Å². The van der Waals surface area contributed by atoms with Crippen LogP contribution in [0.25, 0.3) is 20.8 Å². The predicted octanol–water partition coefficient (Wildman–Crippen LogP) is 5.27. The molecule has 4 rings (SSSR count). The fraction of sp³-hybridized carbons (Fsp3) is 0.182. The normalized spacial score (nSPS) is 11.2. The van der Waals surface area contributed by atoms with Gasteiger partial charge in [0.2, 0.25) is 0 Å². The van der Waals surface area contributed by atoms with Crippen molar-refractivity contribution in [3.05, 3.63) is 81.0 Å². The summed E-state index contributed by atoms with van der Waals surface area (Å²) in [5.74, 6) is 0.798. The molecule has 1 heterocycles. The summed E-state index contributed by atoms with van der Waals surface area (Å²) in [5.41, 5.74) is 5.59. The molecule has 0 fully saturated rings. The Morgan fingerprint density at radius 2 is 1.73 bits per heavy atom. The molecule has 130 valence electrons. The van der Waals surface area contributed by atoms with Gasteiger partial charge in [-0.1, -0.05) is 30.3 Å². The molecule has 2 aromatic carbocycles. The van der Waals surface area contributed by atoms with Crippen LogP contribution in [0.2, 0.25) is 0 Å². The van der Waals surface area contributed by atoms with Crippen LogP contribution in [0.5, 0.6) is 5.75 Å². The average Bonchev–Trinajstić information content (AvgIpc) is 2.68. The van der Waals surface area contributed by atoms with Crippen LogP contribution >= 0.6 is 11.3 Å². The van der Waals surface area contributed by atoms with Crippen LogP contribution in [0.3, 0.4) is 0 Å². The SMILES string of the molecule is Cc1c2nc3cc(OCc4ccccc4)ccc3sc-2c(C)c(=O)c1C. The van der Waals surface area contributed by atoms with Crippen LogP contribution in [-0.4, -0.2) is 4.98 Å². The maximum Gasteiger partial charge on any atom is 0.186 e. The first-order valence-electron chi connectivity index (χ1n) is 8.55. The molecule has 2 aliphatic rings. The van der Waals surface area contributed by atoms with Crippen molar-refractivity contribution in [2.75, 3.05) is 0 Å². The minimum absolute atomic E-state index is 0.121. The molecule has 0 aromatic heterocycles. The highest BCUT2D eigenvalue weighted by Gasteiger charge is 2.18. The van der Waals surface area contributed by atoms with Gasteiger partial charge in [-0.05, 0) is 44.0 Å². The number of rotatable bonds is 3. The van der Waals surface area contributed by atoms with E-state index in [9.17, 15) is 4.79 Å². The van der Waals surface area contributed by atoms with Gasteiger partial charge in [0.05, 0.1) is 20.8 Å². The Balaban J connectivity index is 1.77. The van der Waals surface area contributed by atoms with E-state index in [2.05, 4.69) is 0 Å². The van der Waals surface area contributed by atoms with Crippen molar-refractivity contribution in [3.8, 4) is 16.3 Å². The van der Waals surface area contributed by atoms with Gasteiger partial charge in [0.1, 0.15) is 12.4 Å². The van der Waals surface area contributed by atoms with E-state index >= 15 is 0 Å². The molecular weight excluding hydrogens is 342 g/mol. The molecule has 1 aliphatic carbocycles. The number of fused-ring (bicyclic) bond motifs is 2. The number of hydrogen-bond donors (Lipinski definition) is 0. The standard InChI is InChI=1S/C22H19NO2S/c1-13-14(2)21(24)15(3)22-20(13)23-18-11-17(9-10-19(18)26-22)25-12-16-7-5-4-6-8-16/h4-11H,12H2,1-3H3. The molecule has 0 spiro atoms. The fourth-order valence-electron chi connectivity index (χ4n) is 3.07. The number of ether oxygens (including phenoxy) is 1. The number of hydrogen-bond acceptors (Lipinski definition) is 4. The molecule has 1 aliphatic heterocycles. The van der Waals surface area contributed by atoms with E-state index in [0.29, 0.717) is 6.61 Å². The summed E-state index contributed by atoms with van der Waals surface area (Å²) < 4.78 is 6.97. The zero-order chi connectivity index (χ0) is 18.3. The molecule has 0 unspecified atom stereocenters. The zero-order valence-electron chi connectivity index (χ0n) is 15.0. The molecule has 2 aromatic rings. The van der Waals surface area contributed by atoms with E-state index in [1.807, 2.05) is 69.3 Å². The van der Waals surface area contributed by atoms with Crippen molar-refractivity contribution in [1.82, 2.24) is 4.98 Å². The summed E-state index contributed by atoms with van der Waals surface area (Å²) >= 11 is 1.62. The van der Waals surface area contributed by atoms with Gasteiger partial charge in [-0.15, -0.1) is 11.3 Å². The zero-order valence-corrected chi connectivity index (χ0v) is 15.8.